The van der Waals surface area contributed by atoms with Crippen molar-refractivity contribution in [1.29, 1.82) is 0 Å². The minimum atomic E-state index is -0.0961. The lowest BCUT2D eigenvalue weighted by molar-refractivity contribution is 0.630. The van der Waals surface area contributed by atoms with Gasteiger partial charge in [-0.1, -0.05) is 19.9 Å². The summed E-state index contributed by atoms with van der Waals surface area (Å²) >= 11 is 0. The Morgan fingerprint density at radius 1 is 1.13 bits per heavy atom. The predicted octanol–water partition coefficient (Wildman–Crippen LogP) is 3.96. The highest BCUT2D eigenvalue weighted by atomic mass is 19.1. The summed E-state index contributed by atoms with van der Waals surface area (Å²) in [6, 6.07) is 5.66. The second kappa shape index (κ2) is 4.47. The molecule has 1 aromatic heterocycles. The van der Waals surface area contributed by atoms with E-state index in [0.29, 0.717) is 5.56 Å². The minimum absolute atomic E-state index is 0.0961. The molecule has 0 fully saturated rings. The lowest BCUT2D eigenvalue weighted by Gasteiger charge is -2.00. The zero-order valence-corrected chi connectivity index (χ0v) is 10.1. The van der Waals surface area contributed by atoms with E-state index in [0.717, 1.165) is 16.6 Å². The first-order valence-electron chi connectivity index (χ1n) is 5.32. The van der Waals surface area contributed by atoms with Gasteiger partial charge in [-0.3, -0.25) is 0 Å². The van der Waals surface area contributed by atoms with Crippen LogP contribution in [0.25, 0.3) is 10.9 Å². The normalized spacial score (nSPS) is 10.0. The van der Waals surface area contributed by atoms with Gasteiger partial charge in [0.05, 0.1) is 5.52 Å². The number of hydrogen-bond acceptors (Lipinski definition) is 0. The highest BCUT2D eigenvalue weighted by Gasteiger charge is 2.08. The summed E-state index contributed by atoms with van der Waals surface area (Å²) in [6.45, 7) is 7.77. The van der Waals surface area contributed by atoms with Crippen LogP contribution in [-0.4, -0.2) is 4.57 Å². The van der Waals surface area contributed by atoms with Crippen molar-refractivity contribution in [3.63, 3.8) is 0 Å². The Bertz CT molecular complexity index is 469. The van der Waals surface area contributed by atoms with E-state index >= 15 is 0 Å². The molecule has 0 N–H and O–H groups in total. The molecule has 15 heavy (non-hydrogen) atoms. The van der Waals surface area contributed by atoms with Crippen LogP contribution >= 0.6 is 0 Å². The van der Waals surface area contributed by atoms with Crippen molar-refractivity contribution in [3.8, 4) is 0 Å². The standard InChI is InChI=1S/C11H12FN.C2H6/c1-7-4-5-10-9(11(7)12)6-8(2)13(10)3;1-2/h4-6H,1-3H3;1-2H3. The van der Waals surface area contributed by atoms with E-state index in [4.69, 9.17) is 0 Å². The van der Waals surface area contributed by atoms with E-state index in [2.05, 4.69) is 0 Å². The molecule has 0 saturated heterocycles. The van der Waals surface area contributed by atoms with E-state index < -0.39 is 0 Å². The Hall–Kier alpha value is -1.31. The molecular formula is C13H18FN. The number of rotatable bonds is 0. The van der Waals surface area contributed by atoms with E-state index in [9.17, 15) is 4.39 Å². The van der Waals surface area contributed by atoms with E-state index in [-0.39, 0.29) is 5.82 Å². The van der Waals surface area contributed by atoms with Gasteiger partial charge in [-0.15, -0.1) is 0 Å². The van der Waals surface area contributed by atoms with Crippen LogP contribution in [0.3, 0.4) is 0 Å². The quantitative estimate of drug-likeness (QED) is 0.616. The second-order valence-corrected chi connectivity index (χ2v) is 3.47. The zero-order chi connectivity index (χ0) is 11.6. The first kappa shape index (κ1) is 11.8. The molecule has 0 amide bonds. The maximum atomic E-state index is 13.6. The Kier molecular flexibility index (Phi) is 3.51. The highest BCUT2D eigenvalue weighted by molar-refractivity contribution is 5.82. The molecule has 0 bridgehead atoms. The first-order chi connectivity index (χ1) is 7.11. The molecule has 0 unspecified atom stereocenters. The van der Waals surface area contributed by atoms with Gasteiger partial charge in [-0.25, -0.2) is 4.39 Å². The fraction of sp³-hybridized carbons (Fsp3) is 0.385. The number of aryl methyl sites for hydroxylation is 3. The number of benzene rings is 1. The Balaban J connectivity index is 0.000000531. The van der Waals surface area contributed by atoms with Crippen molar-refractivity contribution in [2.75, 3.05) is 0 Å². The SMILES string of the molecule is CC.Cc1ccc2c(cc(C)n2C)c1F. The molecule has 0 aliphatic rings. The van der Waals surface area contributed by atoms with Gasteiger partial charge in [0.1, 0.15) is 5.82 Å². The predicted molar refractivity (Wildman–Crippen MR) is 63.7 cm³/mol. The van der Waals surface area contributed by atoms with Gasteiger partial charge in [0.25, 0.3) is 0 Å². The lowest BCUT2D eigenvalue weighted by Crippen LogP contribution is -1.90. The summed E-state index contributed by atoms with van der Waals surface area (Å²) in [5, 5.41) is 0.722. The maximum Gasteiger partial charge on any atom is 0.135 e. The van der Waals surface area contributed by atoms with Gasteiger partial charge in [0, 0.05) is 18.1 Å². The van der Waals surface area contributed by atoms with Crippen molar-refractivity contribution in [1.82, 2.24) is 4.57 Å². The topological polar surface area (TPSA) is 4.93 Å². The summed E-state index contributed by atoms with van der Waals surface area (Å²) in [6.07, 6.45) is 0. The van der Waals surface area contributed by atoms with Crippen LogP contribution in [0.2, 0.25) is 0 Å². The van der Waals surface area contributed by atoms with Crippen molar-refractivity contribution >= 4 is 10.9 Å². The fourth-order valence-corrected chi connectivity index (χ4v) is 1.62. The first-order valence-corrected chi connectivity index (χ1v) is 5.32. The summed E-state index contributed by atoms with van der Waals surface area (Å²) in [5.74, 6) is -0.0961. The Morgan fingerprint density at radius 2 is 1.73 bits per heavy atom. The van der Waals surface area contributed by atoms with Crippen LogP contribution in [0, 0.1) is 19.7 Å². The molecule has 0 saturated carbocycles. The summed E-state index contributed by atoms with van der Waals surface area (Å²) in [5.41, 5.74) is 2.75. The molecule has 0 radical (unpaired) electrons. The molecule has 0 atom stereocenters. The van der Waals surface area contributed by atoms with Crippen LogP contribution in [0.1, 0.15) is 25.1 Å². The number of nitrogens with zero attached hydrogens (tertiary/aromatic N) is 1. The van der Waals surface area contributed by atoms with E-state index in [1.165, 1.54) is 0 Å². The van der Waals surface area contributed by atoms with Gasteiger partial charge in [-0.05, 0) is 31.5 Å². The highest BCUT2D eigenvalue weighted by Crippen LogP contribution is 2.23. The van der Waals surface area contributed by atoms with Gasteiger partial charge in [0.15, 0.2) is 0 Å². The summed E-state index contributed by atoms with van der Waals surface area (Å²) < 4.78 is 15.6. The van der Waals surface area contributed by atoms with Crippen LogP contribution in [0.5, 0.6) is 0 Å². The van der Waals surface area contributed by atoms with E-state index in [1.807, 2.05) is 50.6 Å². The third-order valence-electron chi connectivity index (χ3n) is 2.59. The molecule has 2 heteroatoms. The molecule has 0 aliphatic heterocycles. The molecular weight excluding hydrogens is 189 g/mol. The van der Waals surface area contributed by atoms with Crippen molar-refractivity contribution < 1.29 is 4.39 Å². The van der Waals surface area contributed by atoms with Gasteiger partial charge in [0.2, 0.25) is 0 Å². The van der Waals surface area contributed by atoms with E-state index in [1.54, 1.807) is 6.92 Å². The fourth-order valence-electron chi connectivity index (χ4n) is 1.62. The van der Waals surface area contributed by atoms with Crippen LogP contribution in [0.15, 0.2) is 18.2 Å². The Morgan fingerprint density at radius 3 is 2.33 bits per heavy atom. The van der Waals surface area contributed by atoms with Crippen molar-refractivity contribution in [3.05, 3.63) is 35.3 Å². The molecule has 2 rings (SSSR count). The largest absolute Gasteiger partial charge is 0.348 e. The molecule has 2 aromatic rings. The number of halogens is 1. The van der Waals surface area contributed by atoms with Gasteiger partial charge >= 0.3 is 0 Å². The molecule has 1 aromatic carbocycles. The molecule has 0 aliphatic carbocycles. The van der Waals surface area contributed by atoms with Crippen molar-refractivity contribution in [2.24, 2.45) is 7.05 Å². The molecule has 1 heterocycles. The van der Waals surface area contributed by atoms with Crippen LogP contribution in [0.4, 0.5) is 4.39 Å². The van der Waals surface area contributed by atoms with Crippen LogP contribution < -0.4 is 0 Å². The smallest absolute Gasteiger partial charge is 0.135 e. The number of hydrogen-bond donors (Lipinski definition) is 0. The van der Waals surface area contributed by atoms with Crippen molar-refractivity contribution in [2.45, 2.75) is 27.7 Å². The minimum Gasteiger partial charge on any atom is -0.348 e. The lowest BCUT2D eigenvalue weighted by atomic mass is 10.1. The monoisotopic (exact) mass is 207 g/mol. The zero-order valence-electron chi connectivity index (χ0n) is 10.1. The van der Waals surface area contributed by atoms with Gasteiger partial charge < -0.3 is 4.57 Å². The Labute approximate surface area is 90.5 Å². The van der Waals surface area contributed by atoms with Crippen LogP contribution in [-0.2, 0) is 7.05 Å². The summed E-state index contributed by atoms with van der Waals surface area (Å²) in [7, 11) is 1.95. The summed E-state index contributed by atoms with van der Waals surface area (Å²) in [4.78, 5) is 0. The number of fused-ring (bicyclic) bond motifs is 1. The average Bonchev–Trinajstić information content (AvgIpc) is 2.54. The molecule has 1 nitrogen and oxygen atoms in total. The third kappa shape index (κ3) is 1.89. The number of aromatic nitrogens is 1. The average molecular weight is 207 g/mol. The van der Waals surface area contributed by atoms with Gasteiger partial charge in [-0.2, -0.15) is 0 Å². The second-order valence-electron chi connectivity index (χ2n) is 3.47. The molecule has 0 spiro atoms. The maximum absolute atomic E-state index is 13.6. The third-order valence-corrected chi connectivity index (χ3v) is 2.59. The molecule has 82 valence electrons.